The van der Waals surface area contributed by atoms with Gasteiger partial charge < -0.3 is 0 Å². The van der Waals surface area contributed by atoms with Gasteiger partial charge in [0.2, 0.25) is 18.8 Å². The lowest BCUT2D eigenvalue weighted by Gasteiger charge is -2.04. The SMILES string of the molecule is O=C(c1ccc2ccccc2c1)[P](=O)C(=O)c1ccc2ccccc2c1. The van der Waals surface area contributed by atoms with Gasteiger partial charge in [0.25, 0.3) is 0 Å². The average molecular weight is 357 g/mol. The molecular weight excluding hydrogens is 343 g/mol. The molecule has 3 nitrogen and oxygen atoms in total. The van der Waals surface area contributed by atoms with Gasteiger partial charge in [-0.3, -0.25) is 14.2 Å². The van der Waals surface area contributed by atoms with Crippen LogP contribution in [0.3, 0.4) is 0 Å². The Kier molecular flexibility index (Phi) is 4.16. The minimum absolute atomic E-state index is 0.291. The highest BCUT2D eigenvalue weighted by Gasteiger charge is 2.25. The monoisotopic (exact) mass is 357 g/mol. The van der Waals surface area contributed by atoms with Gasteiger partial charge >= 0.3 is 0 Å². The molecule has 0 bridgehead atoms. The van der Waals surface area contributed by atoms with Crippen molar-refractivity contribution in [2.45, 2.75) is 0 Å². The van der Waals surface area contributed by atoms with Crippen LogP contribution < -0.4 is 0 Å². The Morgan fingerprint density at radius 1 is 0.538 bits per heavy atom. The molecule has 0 N–H and O–H groups in total. The molecule has 0 fully saturated rings. The minimum Gasteiger partial charge on any atom is -0.281 e. The third kappa shape index (κ3) is 2.94. The van der Waals surface area contributed by atoms with E-state index in [0.29, 0.717) is 11.1 Å². The van der Waals surface area contributed by atoms with Crippen LogP contribution in [0.1, 0.15) is 20.7 Å². The fourth-order valence-corrected chi connectivity index (χ4v) is 3.90. The minimum atomic E-state index is -2.69. The van der Waals surface area contributed by atoms with Gasteiger partial charge in [-0.1, -0.05) is 60.7 Å². The van der Waals surface area contributed by atoms with Crippen molar-refractivity contribution in [1.82, 2.24) is 0 Å². The van der Waals surface area contributed by atoms with E-state index < -0.39 is 18.8 Å². The van der Waals surface area contributed by atoms with E-state index in [-0.39, 0.29) is 0 Å². The molecule has 0 unspecified atom stereocenters. The summed E-state index contributed by atoms with van der Waals surface area (Å²) < 4.78 is 12.6. The molecule has 125 valence electrons. The van der Waals surface area contributed by atoms with E-state index >= 15 is 0 Å². The van der Waals surface area contributed by atoms with E-state index in [2.05, 4.69) is 0 Å². The van der Waals surface area contributed by atoms with Crippen LogP contribution in [0.15, 0.2) is 84.9 Å². The maximum absolute atomic E-state index is 12.6. The molecule has 4 heteroatoms. The van der Waals surface area contributed by atoms with Gasteiger partial charge in [-0.15, -0.1) is 0 Å². The molecule has 4 aromatic rings. The van der Waals surface area contributed by atoms with Gasteiger partial charge in [0.1, 0.15) is 0 Å². The normalized spacial score (nSPS) is 10.8. The molecule has 0 atom stereocenters. The largest absolute Gasteiger partial charge is 0.281 e. The summed E-state index contributed by atoms with van der Waals surface area (Å²) >= 11 is 0. The fourth-order valence-electron chi connectivity index (χ4n) is 2.97. The van der Waals surface area contributed by atoms with Crippen molar-refractivity contribution in [2.75, 3.05) is 0 Å². The number of fused-ring (bicyclic) bond motifs is 2. The van der Waals surface area contributed by atoms with Gasteiger partial charge in [0, 0.05) is 11.1 Å². The molecule has 0 spiro atoms. The van der Waals surface area contributed by atoms with E-state index in [1.807, 2.05) is 48.5 Å². The van der Waals surface area contributed by atoms with Crippen molar-refractivity contribution < 1.29 is 14.2 Å². The molecule has 1 radical (unpaired) electrons. The lowest BCUT2D eigenvalue weighted by Crippen LogP contribution is -2.01. The van der Waals surface area contributed by atoms with Crippen LogP contribution in [-0.4, -0.2) is 11.0 Å². The second-order valence-corrected chi connectivity index (χ2v) is 7.43. The molecule has 0 amide bonds. The molecule has 4 rings (SSSR count). The Labute approximate surface area is 151 Å². The summed E-state index contributed by atoms with van der Waals surface area (Å²) in [5.41, 5.74) is -0.689. The Bertz CT molecular complexity index is 1100. The van der Waals surface area contributed by atoms with Crippen molar-refractivity contribution in [3.05, 3.63) is 96.1 Å². The lowest BCUT2D eigenvalue weighted by molar-refractivity contribution is 0.104. The van der Waals surface area contributed by atoms with Crippen LogP contribution in [0.5, 0.6) is 0 Å². The van der Waals surface area contributed by atoms with Crippen molar-refractivity contribution in [3.63, 3.8) is 0 Å². The first-order chi connectivity index (χ1) is 12.6. The van der Waals surface area contributed by atoms with Crippen LogP contribution in [0.4, 0.5) is 0 Å². The molecule has 0 aliphatic heterocycles. The van der Waals surface area contributed by atoms with Gasteiger partial charge in [0.05, 0.1) is 0 Å². The predicted molar refractivity (Wildman–Crippen MR) is 104 cm³/mol. The first-order valence-electron chi connectivity index (χ1n) is 8.17. The second-order valence-electron chi connectivity index (χ2n) is 6.03. The number of hydrogen-bond acceptors (Lipinski definition) is 3. The Morgan fingerprint density at radius 2 is 0.923 bits per heavy atom. The summed E-state index contributed by atoms with van der Waals surface area (Å²) in [6.07, 6.45) is 0. The zero-order valence-corrected chi connectivity index (χ0v) is 14.6. The molecule has 0 aromatic heterocycles. The molecule has 0 aliphatic rings. The quantitative estimate of drug-likeness (QED) is 0.434. The number of carbonyl (C=O) groups is 2. The first-order valence-corrected chi connectivity index (χ1v) is 9.43. The van der Waals surface area contributed by atoms with E-state index in [9.17, 15) is 14.2 Å². The van der Waals surface area contributed by atoms with Crippen molar-refractivity contribution >= 4 is 40.4 Å². The Morgan fingerprint density at radius 3 is 1.35 bits per heavy atom. The summed E-state index contributed by atoms with van der Waals surface area (Å²) in [7, 11) is -2.69. The Balaban J connectivity index is 1.66. The Hall–Kier alpha value is -3.16. The highest BCUT2D eigenvalue weighted by atomic mass is 31.1. The predicted octanol–water partition coefficient (Wildman–Crippen LogP) is 5.80. The number of benzene rings is 4. The maximum Gasteiger partial charge on any atom is 0.249 e. The van der Waals surface area contributed by atoms with E-state index in [0.717, 1.165) is 21.5 Å². The van der Waals surface area contributed by atoms with Crippen molar-refractivity contribution in [2.24, 2.45) is 0 Å². The molecule has 0 aliphatic carbocycles. The topological polar surface area (TPSA) is 51.2 Å². The van der Waals surface area contributed by atoms with Crippen LogP contribution in [0, 0.1) is 0 Å². The summed E-state index contributed by atoms with van der Waals surface area (Å²) in [5, 5.41) is 3.72. The lowest BCUT2D eigenvalue weighted by atomic mass is 10.1. The van der Waals surface area contributed by atoms with Crippen LogP contribution >= 0.6 is 7.80 Å². The van der Waals surface area contributed by atoms with E-state index in [1.165, 1.54) is 0 Å². The summed E-state index contributed by atoms with van der Waals surface area (Å²) in [4.78, 5) is 25.1. The molecule has 4 aromatic carbocycles. The molecule has 0 saturated carbocycles. The molecule has 26 heavy (non-hydrogen) atoms. The molecular formula is C22H14O3P. The van der Waals surface area contributed by atoms with Crippen LogP contribution in [-0.2, 0) is 4.57 Å². The third-order valence-electron chi connectivity index (χ3n) is 4.36. The molecule has 0 heterocycles. The van der Waals surface area contributed by atoms with Crippen LogP contribution in [0.25, 0.3) is 21.5 Å². The summed E-state index contributed by atoms with van der Waals surface area (Å²) in [5.74, 6) is 0. The zero-order valence-electron chi connectivity index (χ0n) is 13.8. The van der Waals surface area contributed by atoms with E-state index in [4.69, 9.17) is 0 Å². The smallest absolute Gasteiger partial charge is 0.249 e. The van der Waals surface area contributed by atoms with Gasteiger partial charge in [-0.25, -0.2) is 0 Å². The zero-order chi connectivity index (χ0) is 18.1. The third-order valence-corrected chi connectivity index (χ3v) is 5.62. The van der Waals surface area contributed by atoms with Crippen molar-refractivity contribution in [3.8, 4) is 0 Å². The average Bonchev–Trinajstić information content (AvgIpc) is 2.71. The van der Waals surface area contributed by atoms with Crippen LogP contribution in [0.2, 0.25) is 0 Å². The van der Waals surface area contributed by atoms with Gasteiger partial charge in [0.15, 0.2) is 0 Å². The van der Waals surface area contributed by atoms with E-state index in [1.54, 1.807) is 36.4 Å². The van der Waals surface area contributed by atoms with Crippen molar-refractivity contribution in [1.29, 1.82) is 0 Å². The first kappa shape index (κ1) is 16.3. The highest BCUT2D eigenvalue weighted by molar-refractivity contribution is 7.80. The molecule has 0 saturated heterocycles. The summed E-state index contributed by atoms with van der Waals surface area (Å²) in [6, 6.07) is 25.4. The van der Waals surface area contributed by atoms with Gasteiger partial charge in [-0.05, 0) is 45.8 Å². The summed E-state index contributed by atoms with van der Waals surface area (Å²) in [6.45, 7) is 0. The van der Waals surface area contributed by atoms with Gasteiger partial charge in [-0.2, -0.15) is 0 Å². The highest BCUT2D eigenvalue weighted by Crippen LogP contribution is 2.33. The fraction of sp³-hybridized carbons (Fsp3) is 0. The standard InChI is InChI=1S/C22H14O3P/c23-21(19-11-9-15-5-1-3-7-17(15)13-19)26(25)22(24)20-12-10-16-6-2-4-8-18(16)14-20/h1-14H. The number of rotatable bonds is 4. The number of carbonyl (C=O) groups excluding carboxylic acids is 2. The maximum atomic E-state index is 12.6. The second kappa shape index (κ2) is 6.62. The number of hydrogen-bond donors (Lipinski definition) is 0.